The molecule has 0 nitrogen and oxygen atoms in total. The molecular weight excluding hydrogens is 330 g/mol. The van der Waals surface area contributed by atoms with Crippen LogP contribution >= 0.6 is 0 Å². The molecule has 2 rings (SSSR count). The van der Waals surface area contributed by atoms with Crippen molar-refractivity contribution in [1.82, 2.24) is 0 Å². The van der Waals surface area contributed by atoms with Crippen LogP contribution in [-0.4, -0.2) is 0 Å². The summed E-state index contributed by atoms with van der Waals surface area (Å²) >= 11 is 0. The summed E-state index contributed by atoms with van der Waals surface area (Å²) < 4.78 is 0. The van der Waals surface area contributed by atoms with Gasteiger partial charge in [0.15, 0.2) is 0 Å². The molecule has 0 amide bonds. The van der Waals surface area contributed by atoms with Crippen LogP contribution in [0.5, 0.6) is 0 Å². The molecule has 0 aliphatic heterocycles. The van der Waals surface area contributed by atoms with Gasteiger partial charge in [-0.2, -0.15) is 12.2 Å². The Morgan fingerprint density at radius 1 is 1.18 bits per heavy atom. The fourth-order valence-electron chi connectivity index (χ4n) is 1.33. The van der Waals surface area contributed by atoms with Gasteiger partial charge in [0.25, 0.3) is 0 Å². The molecule has 0 saturated carbocycles. The third-order valence-corrected chi connectivity index (χ3v) is 2.15. The van der Waals surface area contributed by atoms with E-state index in [9.17, 15) is 0 Å². The number of rotatable bonds is 3. The van der Waals surface area contributed by atoms with Crippen LogP contribution in [0.1, 0.15) is 39.0 Å². The van der Waals surface area contributed by atoms with Crippen molar-refractivity contribution in [3.8, 4) is 0 Å². The van der Waals surface area contributed by atoms with Gasteiger partial charge in [-0.25, -0.2) is 23.8 Å². The van der Waals surface area contributed by atoms with E-state index < -0.39 is 0 Å². The predicted octanol–water partition coefficient (Wildman–Crippen LogP) is -1.82. The SMILES string of the molecule is CCCCC1=[C-]CC=C1.[C-]1=CC=CC1.[Cl-].[Cl-].[Zr+4]. The van der Waals surface area contributed by atoms with Crippen molar-refractivity contribution in [1.29, 1.82) is 0 Å². The van der Waals surface area contributed by atoms with Crippen molar-refractivity contribution >= 4 is 0 Å². The van der Waals surface area contributed by atoms with Gasteiger partial charge in [-0.3, -0.25) is 12.2 Å². The van der Waals surface area contributed by atoms with Crippen LogP contribution in [0.15, 0.2) is 36.0 Å². The molecular formula is C14H18Cl2Zr. The van der Waals surface area contributed by atoms with Crippen molar-refractivity contribution in [2.24, 2.45) is 0 Å². The third kappa shape index (κ3) is 12.7. The number of allylic oxidation sites excluding steroid dienone is 8. The molecule has 0 N–H and O–H groups in total. The number of halogens is 2. The molecule has 2 aliphatic rings. The average molecular weight is 348 g/mol. The maximum Gasteiger partial charge on any atom is 4.00 e. The molecule has 2 aliphatic carbocycles. The number of hydrogen-bond acceptors (Lipinski definition) is 0. The van der Waals surface area contributed by atoms with E-state index >= 15 is 0 Å². The molecule has 0 spiro atoms. The summed E-state index contributed by atoms with van der Waals surface area (Å²) in [5.74, 6) is 0. The Bertz CT molecular complexity index is 255. The molecule has 0 fully saturated rings. The van der Waals surface area contributed by atoms with Gasteiger partial charge in [-0.05, 0) is 0 Å². The van der Waals surface area contributed by atoms with Crippen LogP contribution in [0.25, 0.3) is 0 Å². The maximum atomic E-state index is 3.30. The molecule has 92 valence electrons. The Balaban J connectivity index is -0.000000216. The summed E-state index contributed by atoms with van der Waals surface area (Å²) in [4.78, 5) is 0. The van der Waals surface area contributed by atoms with Gasteiger partial charge in [0.2, 0.25) is 0 Å². The zero-order valence-corrected chi connectivity index (χ0v) is 14.1. The Labute approximate surface area is 137 Å². The predicted molar refractivity (Wildman–Crippen MR) is 61.6 cm³/mol. The molecule has 0 atom stereocenters. The Morgan fingerprint density at radius 3 is 2.29 bits per heavy atom. The largest absolute Gasteiger partial charge is 4.00 e. The van der Waals surface area contributed by atoms with Crippen LogP contribution < -0.4 is 24.8 Å². The standard InChI is InChI=1S/C9H13.C5H5.2ClH.Zr/c1-2-3-6-9-7-4-5-8-9;1-2-4-5-3-1;;;/h4,7H,2-3,5-6H2,1H3;1-3H,4H2;2*1H;/q2*-1;;;+4/p-2. The second-order valence-electron chi connectivity index (χ2n) is 3.42. The maximum absolute atomic E-state index is 3.30. The fourth-order valence-corrected chi connectivity index (χ4v) is 1.33. The quantitative estimate of drug-likeness (QED) is 0.527. The first-order valence-corrected chi connectivity index (χ1v) is 5.41. The van der Waals surface area contributed by atoms with Crippen LogP contribution in [0.3, 0.4) is 0 Å². The molecule has 0 unspecified atom stereocenters. The fraction of sp³-hybridized carbons (Fsp3) is 0.429. The molecule has 3 heteroatoms. The van der Waals surface area contributed by atoms with E-state index in [1.54, 1.807) is 0 Å². The van der Waals surface area contributed by atoms with Crippen LogP contribution in [0.4, 0.5) is 0 Å². The summed E-state index contributed by atoms with van der Waals surface area (Å²) in [7, 11) is 0. The minimum absolute atomic E-state index is 0. The normalized spacial score (nSPS) is 13.8. The summed E-state index contributed by atoms with van der Waals surface area (Å²) in [6, 6.07) is 0. The third-order valence-electron chi connectivity index (χ3n) is 2.15. The molecule has 0 saturated heterocycles. The van der Waals surface area contributed by atoms with Gasteiger partial charge in [-0.15, -0.1) is 12.8 Å². The van der Waals surface area contributed by atoms with E-state index in [0.29, 0.717) is 0 Å². The van der Waals surface area contributed by atoms with Crippen LogP contribution in [0, 0.1) is 12.2 Å². The second-order valence-corrected chi connectivity index (χ2v) is 3.42. The van der Waals surface area contributed by atoms with E-state index in [-0.39, 0.29) is 51.0 Å². The van der Waals surface area contributed by atoms with Crippen molar-refractivity contribution in [2.75, 3.05) is 0 Å². The summed E-state index contributed by atoms with van der Waals surface area (Å²) in [5.41, 5.74) is 1.41. The van der Waals surface area contributed by atoms with Crippen LogP contribution in [0.2, 0.25) is 0 Å². The minimum Gasteiger partial charge on any atom is -1.00 e. The zero-order chi connectivity index (χ0) is 10.1. The smallest absolute Gasteiger partial charge is 1.00 e. The van der Waals surface area contributed by atoms with Gasteiger partial charge >= 0.3 is 26.2 Å². The monoisotopic (exact) mass is 346 g/mol. The first-order chi connectivity index (χ1) is 6.93. The van der Waals surface area contributed by atoms with Gasteiger partial charge in [0.1, 0.15) is 0 Å². The Morgan fingerprint density at radius 2 is 1.94 bits per heavy atom. The molecule has 0 aromatic heterocycles. The van der Waals surface area contributed by atoms with E-state index in [4.69, 9.17) is 0 Å². The first kappa shape index (κ1) is 22.6. The average Bonchev–Trinajstić information content (AvgIpc) is 2.90. The first-order valence-electron chi connectivity index (χ1n) is 5.41. The molecule has 0 heterocycles. The minimum atomic E-state index is 0. The van der Waals surface area contributed by atoms with Crippen molar-refractivity contribution in [2.45, 2.75) is 39.0 Å². The topological polar surface area (TPSA) is 0 Å². The van der Waals surface area contributed by atoms with Gasteiger partial charge in [-0.1, -0.05) is 26.2 Å². The zero-order valence-electron chi connectivity index (χ0n) is 10.2. The second kappa shape index (κ2) is 16.4. The molecule has 0 aromatic carbocycles. The molecule has 17 heavy (non-hydrogen) atoms. The van der Waals surface area contributed by atoms with Gasteiger partial charge < -0.3 is 24.8 Å². The van der Waals surface area contributed by atoms with Gasteiger partial charge in [0, 0.05) is 0 Å². The van der Waals surface area contributed by atoms with Crippen LogP contribution in [-0.2, 0) is 26.2 Å². The summed E-state index contributed by atoms with van der Waals surface area (Å²) in [6.45, 7) is 2.22. The van der Waals surface area contributed by atoms with E-state index in [1.165, 1.54) is 24.8 Å². The number of hydrogen-bond donors (Lipinski definition) is 0. The van der Waals surface area contributed by atoms with E-state index in [2.05, 4.69) is 37.3 Å². The summed E-state index contributed by atoms with van der Waals surface area (Å²) in [6.07, 6.45) is 22.5. The molecule has 0 bridgehead atoms. The Hall–Kier alpha value is 0.423. The van der Waals surface area contributed by atoms with Crippen molar-refractivity contribution in [3.05, 3.63) is 48.1 Å². The van der Waals surface area contributed by atoms with E-state index in [0.717, 1.165) is 12.8 Å². The van der Waals surface area contributed by atoms with Gasteiger partial charge in [0.05, 0.1) is 0 Å². The molecule has 0 radical (unpaired) electrons. The van der Waals surface area contributed by atoms with Crippen molar-refractivity contribution in [3.63, 3.8) is 0 Å². The van der Waals surface area contributed by atoms with E-state index in [1.807, 2.05) is 12.2 Å². The molecule has 0 aromatic rings. The Kier molecular flexibility index (Phi) is 21.8. The summed E-state index contributed by atoms with van der Waals surface area (Å²) in [5, 5.41) is 0. The van der Waals surface area contributed by atoms with Crippen molar-refractivity contribution < 1.29 is 51.0 Å². The number of unbranched alkanes of at least 4 members (excludes halogenated alkanes) is 1.